The van der Waals surface area contributed by atoms with Crippen molar-refractivity contribution >= 4 is 35.2 Å². The Morgan fingerprint density at radius 2 is 1.87 bits per heavy atom. The van der Waals surface area contributed by atoms with E-state index in [1.807, 2.05) is 31.2 Å². The molecule has 2 aromatic carbocycles. The zero-order chi connectivity index (χ0) is 16.7. The van der Waals surface area contributed by atoms with Crippen LogP contribution in [0.3, 0.4) is 0 Å². The van der Waals surface area contributed by atoms with Crippen molar-refractivity contribution in [3.05, 3.63) is 65.2 Å². The first-order chi connectivity index (χ1) is 11.1. The van der Waals surface area contributed by atoms with E-state index in [2.05, 4.69) is 20.6 Å². The van der Waals surface area contributed by atoms with Gasteiger partial charge in [-0.05, 0) is 54.5 Å². The van der Waals surface area contributed by atoms with Crippen molar-refractivity contribution in [1.82, 2.24) is 5.43 Å². The lowest BCUT2D eigenvalue weighted by atomic mass is 10.1. The van der Waals surface area contributed by atoms with E-state index in [-0.39, 0.29) is 5.97 Å². The minimum Gasteiger partial charge on any atom is -0.465 e. The number of esters is 1. The molecular weight excluding hydrogens is 310 g/mol. The molecule has 118 valence electrons. The van der Waals surface area contributed by atoms with Gasteiger partial charge in [-0.1, -0.05) is 24.3 Å². The molecule has 0 aliphatic carbocycles. The monoisotopic (exact) mass is 327 g/mol. The molecule has 0 fully saturated rings. The highest BCUT2D eigenvalue weighted by molar-refractivity contribution is 7.80. The van der Waals surface area contributed by atoms with Gasteiger partial charge in [0.1, 0.15) is 0 Å². The van der Waals surface area contributed by atoms with Crippen LogP contribution in [0.1, 0.15) is 21.5 Å². The Bertz CT molecular complexity index is 727. The summed E-state index contributed by atoms with van der Waals surface area (Å²) in [5.41, 5.74) is 6.14. The number of hydrazone groups is 1. The maximum Gasteiger partial charge on any atom is 0.337 e. The van der Waals surface area contributed by atoms with Gasteiger partial charge >= 0.3 is 5.97 Å². The maximum atomic E-state index is 11.4. The number of hydrogen-bond donors (Lipinski definition) is 2. The number of ether oxygens (including phenoxy) is 1. The highest BCUT2D eigenvalue weighted by Gasteiger charge is 2.04. The molecule has 0 bridgehead atoms. The fourth-order valence-electron chi connectivity index (χ4n) is 1.86. The number of carbonyl (C=O) groups excluding carboxylic acids is 1. The van der Waals surface area contributed by atoms with Crippen molar-refractivity contribution in [1.29, 1.82) is 0 Å². The van der Waals surface area contributed by atoms with E-state index in [0.29, 0.717) is 10.7 Å². The van der Waals surface area contributed by atoms with E-state index in [4.69, 9.17) is 12.2 Å². The quantitative estimate of drug-likeness (QED) is 0.391. The Morgan fingerprint density at radius 3 is 2.52 bits per heavy atom. The maximum absolute atomic E-state index is 11.4. The predicted octanol–water partition coefficient (Wildman–Crippen LogP) is 3.10. The number of thiocarbonyl (C=S) groups is 1. The Kier molecular flexibility index (Phi) is 5.82. The fraction of sp³-hybridized carbons (Fsp3) is 0.118. The van der Waals surface area contributed by atoms with Crippen LogP contribution in [0.25, 0.3) is 0 Å². The molecule has 0 aliphatic heterocycles. The lowest BCUT2D eigenvalue weighted by Crippen LogP contribution is -2.23. The van der Waals surface area contributed by atoms with E-state index in [1.165, 1.54) is 7.11 Å². The molecule has 0 aromatic heterocycles. The van der Waals surface area contributed by atoms with Crippen LogP contribution in [-0.4, -0.2) is 24.4 Å². The number of aryl methyl sites for hydroxylation is 1. The van der Waals surface area contributed by atoms with Gasteiger partial charge in [-0.15, -0.1) is 0 Å². The minimum atomic E-state index is -0.375. The summed E-state index contributed by atoms with van der Waals surface area (Å²) in [5, 5.41) is 7.45. The van der Waals surface area contributed by atoms with Crippen molar-refractivity contribution in [2.45, 2.75) is 6.92 Å². The van der Waals surface area contributed by atoms with Crippen molar-refractivity contribution in [3.8, 4) is 0 Å². The van der Waals surface area contributed by atoms with Crippen molar-refractivity contribution in [2.75, 3.05) is 12.4 Å². The van der Waals surface area contributed by atoms with E-state index in [0.717, 1.165) is 16.8 Å². The molecule has 0 spiro atoms. The average molecular weight is 327 g/mol. The minimum absolute atomic E-state index is 0.362. The third kappa shape index (κ3) is 4.89. The van der Waals surface area contributed by atoms with Gasteiger partial charge in [-0.25, -0.2) is 4.79 Å². The number of carbonyl (C=O) groups is 1. The molecule has 2 aromatic rings. The summed E-state index contributed by atoms with van der Waals surface area (Å²) in [6.45, 7) is 2.01. The number of hydrogen-bond acceptors (Lipinski definition) is 4. The van der Waals surface area contributed by atoms with Crippen LogP contribution < -0.4 is 10.7 Å². The molecule has 0 unspecified atom stereocenters. The van der Waals surface area contributed by atoms with Crippen LogP contribution in [0.15, 0.2) is 53.6 Å². The Morgan fingerprint density at radius 1 is 1.17 bits per heavy atom. The molecule has 23 heavy (non-hydrogen) atoms. The number of nitrogens with one attached hydrogen (secondary N) is 2. The van der Waals surface area contributed by atoms with Gasteiger partial charge in [-0.3, -0.25) is 5.43 Å². The molecule has 0 heterocycles. The van der Waals surface area contributed by atoms with Gasteiger partial charge in [0.25, 0.3) is 0 Å². The van der Waals surface area contributed by atoms with E-state index >= 15 is 0 Å². The summed E-state index contributed by atoms with van der Waals surface area (Å²) < 4.78 is 4.65. The first-order valence-electron chi connectivity index (χ1n) is 6.94. The van der Waals surface area contributed by atoms with Crippen molar-refractivity contribution < 1.29 is 9.53 Å². The normalized spacial score (nSPS) is 10.3. The average Bonchev–Trinajstić information content (AvgIpc) is 2.56. The van der Waals surface area contributed by atoms with Crippen LogP contribution in [0.4, 0.5) is 5.69 Å². The van der Waals surface area contributed by atoms with Gasteiger partial charge in [0.2, 0.25) is 0 Å². The smallest absolute Gasteiger partial charge is 0.337 e. The Labute approximate surface area is 140 Å². The third-order valence-electron chi connectivity index (χ3n) is 3.12. The molecule has 5 nitrogen and oxygen atoms in total. The zero-order valence-corrected chi connectivity index (χ0v) is 13.7. The highest BCUT2D eigenvalue weighted by atomic mass is 32.1. The molecule has 0 atom stereocenters. The van der Waals surface area contributed by atoms with Crippen LogP contribution in [-0.2, 0) is 4.74 Å². The van der Waals surface area contributed by atoms with E-state index in [9.17, 15) is 4.79 Å². The molecular formula is C17H17N3O2S. The van der Waals surface area contributed by atoms with Gasteiger partial charge in [0.05, 0.1) is 18.9 Å². The molecule has 0 radical (unpaired) electrons. The third-order valence-corrected chi connectivity index (χ3v) is 3.32. The zero-order valence-electron chi connectivity index (χ0n) is 12.9. The Hall–Kier alpha value is -2.73. The first-order valence-corrected chi connectivity index (χ1v) is 7.35. The van der Waals surface area contributed by atoms with Gasteiger partial charge in [-0.2, -0.15) is 5.10 Å². The Balaban J connectivity index is 1.90. The van der Waals surface area contributed by atoms with Crippen molar-refractivity contribution in [3.63, 3.8) is 0 Å². The van der Waals surface area contributed by atoms with E-state index < -0.39 is 0 Å². The SMILES string of the molecule is COC(=O)c1ccc(NC(=S)NN=Cc2ccccc2C)cc1. The topological polar surface area (TPSA) is 62.7 Å². The molecule has 6 heteroatoms. The van der Waals surface area contributed by atoms with Gasteiger partial charge in [0.15, 0.2) is 5.11 Å². The predicted molar refractivity (Wildman–Crippen MR) is 95.9 cm³/mol. The first kappa shape index (κ1) is 16.6. The summed E-state index contributed by atoms with van der Waals surface area (Å²) in [5.74, 6) is -0.375. The molecule has 2 rings (SSSR count). The molecule has 2 N–H and O–H groups in total. The summed E-state index contributed by atoms with van der Waals surface area (Å²) in [4.78, 5) is 11.4. The van der Waals surface area contributed by atoms with Crippen molar-refractivity contribution in [2.24, 2.45) is 5.10 Å². The number of benzene rings is 2. The van der Waals surface area contributed by atoms with Crippen LogP contribution in [0.5, 0.6) is 0 Å². The van der Waals surface area contributed by atoms with Crippen LogP contribution in [0.2, 0.25) is 0 Å². The summed E-state index contributed by atoms with van der Waals surface area (Å²) in [6.07, 6.45) is 1.71. The second-order valence-electron chi connectivity index (χ2n) is 4.75. The number of rotatable bonds is 4. The second-order valence-corrected chi connectivity index (χ2v) is 5.16. The lowest BCUT2D eigenvalue weighted by Gasteiger charge is -2.07. The van der Waals surface area contributed by atoms with Crippen LogP contribution >= 0.6 is 12.2 Å². The largest absolute Gasteiger partial charge is 0.465 e. The van der Waals surface area contributed by atoms with Crippen LogP contribution in [0, 0.1) is 6.92 Å². The summed E-state index contributed by atoms with van der Waals surface area (Å²) in [6, 6.07) is 14.7. The lowest BCUT2D eigenvalue weighted by molar-refractivity contribution is 0.0601. The molecule has 0 aliphatic rings. The number of anilines is 1. The fourth-order valence-corrected chi connectivity index (χ4v) is 2.03. The second kappa shape index (κ2) is 8.05. The summed E-state index contributed by atoms with van der Waals surface area (Å²) in [7, 11) is 1.35. The number of nitrogens with zero attached hydrogens (tertiary/aromatic N) is 1. The molecule has 0 saturated carbocycles. The van der Waals surface area contributed by atoms with Gasteiger partial charge < -0.3 is 10.1 Å². The van der Waals surface area contributed by atoms with E-state index in [1.54, 1.807) is 30.5 Å². The summed E-state index contributed by atoms with van der Waals surface area (Å²) >= 11 is 5.16. The standard InChI is InChI=1S/C17H17N3O2S/c1-12-5-3-4-6-14(12)11-18-20-17(23)19-15-9-7-13(8-10-15)16(21)22-2/h3-11H,1-2H3,(H2,19,20,23). The highest BCUT2D eigenvalue weighted by Crippen LogP contribution is 2.10. The number of methoxy groups -OCH3 is 1. The molecule has 0 amide bonds. The van der Waals surface area contributed by atoms with Gasteiger partial charge in [0, 0.05) is 5.69 Å². The molecule has 0 saturated heterocycles.